The van der Waals surface area contributed by atoms with Crippen molar-refractivity contribution >= 4 is 0 Å². The maximum absolute atomic E-state index is 11.7. The summed E-state index contributed by atoms with van der Waals surface area (Å²) < 4.78 is 0. The Hall–Kier alpha value is -1.02. The van der Waals surface area contributed by atoms with Crippen molar-refractivity contribution in [2.75, 3.05) is 0 Å². The van der Waals surface area contributed by atoms with Crippen LogP contribution in [-0.2, 0) is 6.42 Å². The molecule has 0 bridgehead atoms. The van der Waals surface area contributed by atoms with E-state index in [0.29, 0.717) is 17.6 Å². The molecule has 0 aromatic heterocycles. The van der Waals surface area contributed by atoms with Gasteiger partial charge in [0.05, 0.1) is 5.60 Å². The van der Waals surface area contributed by atoms with E-state index in [-0.39, 0.29) is 5.41 Å². The summed E-state index contributed by atoms with van der Waals surface area (Å²) in [5, 5.41) is 21.6. The molecule has 2 fully saturated rings. The Kier molecular flexibility index (Phi) is 5.80. The number of hydrogen-bond acceptors (Lipinski definition) is 2. The van der Waals surface area contributed by atoms with E-state index < -0.39 is 5.60 Å². The molecule has 3 aliphatic carbocycles. The molecule has 5 atom stereocenters. The molecular formula is C26H40O2. The van der Waals surface area contributed by atoms with Gasteiger partial charge in [-0.2, -0.15) is 0 Å². The Morgan fingerprint density at radius 2 is 1.79 bits per heavy atom. The summed E-state index contributed by atoms with van der Waals surface area (Å²) in [5.74, 6) is 2.43. The lowest BCUT2D eigenvalue weighted by molar-refractivity contribution is -0.108. The summed E-state index contributed by atoms with van der Waals surface area (Å²) in [6.07, 6.45) is 15.7. The zero-order chi connectivity index (χ0) is 19.8. The molecule has 0 spiro atoms. The molecule has 2 heteroatoms. The maximum atomic E-state index is 11.7. The van der Waals surface area contributed by atoms with Crippen molar-refractivity contribution in [1.29, 1.82) is 0 Å². The Bertz CT molecular complexity index is 683. The highest BCUT2D eigenvalue weighted by molar-refractivity contribution is 5.40. The first-order valence-corrected chi connectivity index (χ1v) is 12.0. The highest BCUT2D eigenvalue weighted by Crippen LogP contribution is 2.65. The molecule has 0 saturated heterocycles. The number of aromatic hydroxyl groups is 1. The van der Waals surface area contributed by atoms with Gasteiger partial charge < -0.3 is 10.2 Å². The standard InChI is InChI=1S/C26H40O2/c1-3-4-5-6-7-8-15-26(28)17-14-24-23-11-9-19-18-20(27)10-12-21(19)22(23)13-16-25(24,26)2/h10,12,18,22-24,27-28H,3-9,11,13-17H2,1-2H3/t22-,23-,24+,25+,26+/m1/s1. The number of unbranched alkanes of at least 4 members (excludes halogenated alkanes) is 5. The molecule has 0 radical (unpaired) electrons. The summed E-state index contributed by atoms with van der Waals surface area (Å²) >= 11 is 0. The van der Waals surface area contributed by atoms with Gasteiger partial charge in [-0.05, 0) is 91.4 Å². The molecular weight excluding hydrogens is 344 g/mol. The molecule has 2 nitrogen and oxygen atoms in total. The molecule has 156 valence electrons. The summed E-state index contributed by atoms with van der Waals surface area (Å²) in [7, 11) is 0. The van der Waals surface area contributed by atoms with Crippen LogP contribution in [0.4, 0.5) is 0 Å². The van der Waals surface area contributed by atoms with E-state index in [0.717, 1.165) is 31.6 Å². The first-order chi connectivity index (χ1) is 13.5. The second kappa shape index (κ2) is 8.01. The average molecular weight is 385 g/mol. The largest absolute Gasteiger partial charge is 0.508 e. The van der Waals surface area contributed by atoms with E-state index in [2.05, 4.69) is 19.9 Å². The van der Waals surface area contributed by atoms with Crippen molar-refractivity contribution in [2.45, 2.75) is 109 Å². The molecule has 4 rings (SSSR count). The van der Waals surface area contributed by atoms with Gasteiger partial charge in [0.15, 0.2) is 0 Å². The van der Waals surface area contributed by atoms with Gasteiger partial charge in [0.2, 0.25) is 0 Å². The predicted octanol–water partition coefficient (Wildman–Crippen LogP) is 6.73. The van der Waals surface area contributed by atoms with E-state index in [4.69, 9.17) is 0 Å². The first kappa shape index (κ1) is 20.3. The van der Waals surface area contributed by atoms with Gasteiger partial charge in [-0.15, -0.1) is 0 Å². The zero-order valence-electron chi connectivity index (χ0n) is 18.1. The lowest BCUT2D eigenvalue weighted by Gasteiger charge is -2.53. The lowest BCUT2D eigenvalue weighted by atomic mass is 9.53. The second-order valence-corrected chi connectivity index (χ2v) is 10.3. The van der Waals surface area contributed by atoms with Crippen LogP contribution in [0.25, 0.3) is 0 Å². The van der Waals surface area contributed by atoms with Crippen LogP contribution in [0.1, 0.15) is 108 Å². The van der Waals surface area contributed by atoms with E-state index in [1.807, 2.05) is 12.1 Å². The van der Waals surface area contributed by atoms with Crippen LogP contribution in [0.2, 0.25) is 0 Å². The van der Waals surface area contributed by atoms with E-state index in [1.165, 1.54) is 68.9 Å². The number of phenols is 1. The lowest BCUT2D eigenvalue weighted by Crippen LogP contribution is -2.50. The van der Waals surface area contributed by atoms with Gasteiger partial charge in [-0.3, -0.25) is 0 Å². The van der Waals surface area contributed by atoms with Gasteiger partial charge in [0.25, 0.3) is 0 Å². The fraction of sp³-hybridized carbons (Fsp3) is 0.769. The third kappa shape index (κ3) is 3.40. The number of rotatable bonds is 7. The third-order valence-electron chi connectivity index (χ3n) is 8.98. The number of aliphatic hydroxyl groups is 1. The van der Waals surface area contributed by atoms with Crippen LogP contribution in [-0.4, -0.2) is 15.8 Å². The molecule has 3 aliphatic rings. The first-order valence-electron chi connectivity index (χ1n) is 12.0. The number of hydrogen-bond donors (Lipinski definition) is 2. The topological polar surface area (TPSA) is 40.5 Å². The van der Waals surface area contributed by atoms with Crippen molar-refractivity contribution in [3.8, 4) is 5.75 Å². The number of aryl methyl sites for hydroxylation is 1. The van der Waals surface area contributed by atoms with Gasteiger partial charge in [0, 0.05) is 0 Å². The van der Waals surface area contributed by atoms with Crippen LogP contribution >= 0.6 is 0 Å². The predicted molar refractivity (Wildman–Crippen MR) is 116 cm³/mol. The normalized spacial score (nSPS) is 36.6. The minimum absolute atomic E-state index is 0.103. The summed E-state index contributed by atoms with van der Waals surface area (Å²) in [4.78, 5) is 0. The van der Waals surface area contributed by atoms with E-state index in [9.17, 15) is 10.2 Å². The minimum Gasteiger partial charge on any atom is -0.508 e. The highest BCUT2D eigenvalue weighted by Gasteiger charge is 2.60. The molecule has 1 aromatic rings. The molecule has 1 aromatic carbocycles. The van der Waals surface area contributed by atoms with Crippen LogP contribution < -0.4 is 0 Å². The Labute approximate surface area is 171 Å². The van der Waals surface area contributed by atoms with E-state index >= 15 is 0 Å². The third-order valence-corrected chi connectivity index (χ3v) is 8.98. The van der Waals surface area contributed by atoms with Crippen molar-refractivity contribution in [2.24, 2.45) is 17.3 Å². The van der Waals surface area contributed by atoms with Gasteiger partial charge in [-0.1, -0.05) is 58.4 Å². The van der Waals surface area contributed by atoms with E-state index in [1.54, 1.807) is 0 Å². The fourth-order valence-electron chi connectivity index (χ4n) is 7.29. The number of phenolic OH excluding ortho intramolecular Hbond substituents is 1. The summed E-state index contributed by atoms with van der Waals surface area (Å²) in [5.41, 5.74) is 2.52. The van der Waals surface area contributed by atoms with Gasteiger partial charge >= 0.3 is 0 Å². The number of fused-ring (bicyclic) bond motifs is 5. The van der Waals surface area contributed by atoms with Gasteiger partial charge in [0.1, 0.15) is 5.75 Å². The molecule has 28 heavy (non-hydrogen) atoms. The Morgan fingerprint density at radius 3 is 2.61 bits per heavy atom. The smallest absolute Gasteiger partial charge is 0.115 e. The quantitative estimate of drug-likeness (QED) is 0.512. The highest BCUT2D eigenvalue weighted by atomic mass is 16.3. The maximum Gasteiger partial charge on any atom is 0.115 e. The van der Waals surface area contributed by atoms with Crippen molar-refractivity contribution in [3.63, 3.8) is 0 Å². The van der Waals surface area contributed by atoms with Crippen LogP contribution in [0.15, 0.2) is 18.2 Å². The molecule has 0 amide bonds. The van der Waals surface area contributed by atoms with Crippen LogP contribution in [0, 0.1) is 17.3 Å². The molecule has 2 saturated carbocycles. The van der Waals surface area contributed by atoms with Crippen LogP contribution in [0.5, 0.6) is 5.75 Å². The Balaban J connectivity index is 1.44. The number of benzene rings is 1. The second-order valence-electron chi connectivity index (χ2n) is 10.3. The summed E-state index contributed by atoms with van der Waals surface area (Å²) in [6, 6.07) is 6.04. The molecule has 0 unspecified atom stereocenters. The monoisotopic (exact) mass is 384 g/mol. The van der Waals surface area contributed by atoms with Crippen molar-refractivity contribution in [1.82, 2.24) is 0 Å². The SMILES string of the molecule is CCCCCCCC[C@]1(O)CC[C@H]2[C@@H]3CCc4cc(O)ccc4[C@H]3CC[C@@]21C. The fourth-order valence-corrected chi connectivity index (χ4v) is 7.29. The molecule has 0 heterocycles. The minimum atomic E-state index is -0.442. The van der Waals surface area contributed by atoms with Crippen molar-refractivity contribution in [3.05, 3.63) is 29.3 Å². The molecule has 2 N–H and O–H groups in total. The zero-order valence-corrected chi connectivity index (χ0v) is 18.1. The summed E-state index contributed by atoms with van der Waals surface area (Å²) in [6.45, 7) is 4.69. The van der Waals surface area contributed by atoms with Crippen LogP contribution in [0.3, 0.4) is 0 Å². The van der Waals surface area contributed by atoms with Crippen molar-refractivity contribution < 1.29 is 10.2 Å². The average Bonchev–Trinajstić information content (AvgIpc) is 2.95. The Morgan fingerprint density at radius 1 is 1.00 bits per heavy atom. The van der Waals surface area contributed by atoms with Gasteiger partial charge in [-0.25, -0.2) is 0 Å². The molecule has 0 aliphatic heterocycles.